The molecule has 1 aromatic heterocycles. The van der Waals surface area contributed by atoms with Crippen LogP contribution in [0.2, 0.25) is 0 Å². The monoisotopic (exact) mass is 341 g/mol. The van der Waals surface area contributed by atoms with Gasteiger partial charge in [0.2, 0.25) is 0 Å². The van der Waals surface area contributed by atoms with Crippen molar-refractivity contribution in [2.24, 2.45) is 4.99 Å². The van der Waals surface area contributed by atoms with Crippen molar-refractivity contribution in [3.63, 3.8) is 0 Å². The molecule has 1 heterocycles. The molecule has 0 aliphatic rings. The zero-order chi connectivity index (χ0) is 18.5. The summed E-state index contributed by atoms with van der Waals surface area (Å²) in [4.78, 5) is 5.81. The largest absolute Gasteiger partial charge is 0.260 e. The number of thiophene rings is 1. The van der Waals surface area contributed by atoms with Gasteiger partial charge in [-0.1, -0.05) is 64.6 Å². The van der Waals surface area contributed by atoms with Gasteiger partial charge in [-0.05, 0) is 42.9 Å². The van der Waals surface area contributed by atoms with E-state index in [1.165, 1.54) is 20.5 Å². The van der Waals surface area contributed by atoms with E-state index in [4.69, 9.17) is 0 Å². The van der Waals surface area contributed by atoms with Gasteiger partial charge in [0.15, 0.2) is 0 Å². The summed E-state index contributed by atoms with van der Waals surface area (Å²) < 4.78 is 1.30. The van der Waals surface area contributed by atoms with Crippen molar-refractivity contribution in [3.05, 3.63) is 65.6 Å². The molecule has 130 valence electrons. The normalized spacial score (nSPS) is 11.1. The minimum atomic E-state index is 0.782. The molecule has 1 aromatic carbocycles. The second-order valence-corrected chi connectivity index (χ2v) is 5.56. The highest BCUT2D eigenvalue weighted by Gasteiger charge is 2.13. The first-order chi connectivity index (χ1) is 11.7. The Morgan fingerprint density at radius 3 is 2.25 bits per heavy atom. The molecule has 2 aromatic rings. The number of benzene rings is 1. The second-order valence-electron chi connectivity index (χ2n) is 4.51. The number of rotatable bonds is 5. The first kappa shape index (κ1) is 22.1. The number of aliphatic imine (C=N–C) groups is 1. The van der Waals surface area contributed by atoms with Crippen molar-refractivity contribution in [2.75, 3.05) is 0 Å². The Morgan fingerprint density at radius 2 is 1.75 bits per heavy atom. The minimum absolute atomic E-state index is 0.782. The highest BCUT2D eigenvalue weighted by molar-refractivity contribution is 7.20. The van der Waals surface area contributed by atoms with Crippen LogP contribution in [-0.4, -0.2) is 6.21 Å². The summed E-state index contributed by atoms with van der Waals surface area (Å²) in [5.41, 5.74) is 3.42. The van der Waals surface area contributed by atoms with Gasteiger partial charge in [0, 0.05) is 10.9 Å². The molecule has 0 radical (unpaired) electrons. The lowest BCUT2D eigenvalue weighted by Gasteiger charge is -2.06. The van der Waals surface area contributed by atoms with E-state index in [1.807, 2.05) is 53.0 Å². The third kappa shape index (κ3) is 5.31. The molecule has 24 heavy (non-hydrogen) atoms. The highest BCUT2D eigenvalue weighted by atomic mass is 32.1. The number of nitrogens with zero attached hydrogens (tertiary/aromatic N) is 1. The summed E-state index contributed by atoms with van der Waals surface area (Å²) >= 11 is 1.79. The van der Waals surface area contributed by atoms with Gasteiger partial charge in [0.1, 0.15) is 0 Å². The van der Waals surface area contributed by atoms with E-state index in [0.29, 0.717) is 0 Å². The van der Waals surface area contributed by atoms with E-state index in [9.17, 15) is 0 Å². The van der Waals surface area contributed by atoms with Gasteiger partial charge in [-0.15, -0.1) is 17.9 Å². The molecular weight excluding hydrogens is 310 g/mol. The molecule has 0 atom stereocenters. The molecule has 0 saturated heterocycles. The van der Waals surface area contributed by atoms with Crippen molar-refractivity contribution in [1.29, 1.82) is 0 Å². The van der Waals surface area contributed by atoms with Crippen molar-refractivity contribution in [2.45, 2.75) is 48.0 Å². The molecule has 2 heteroatoms. The number of aryl methyl sites for hydroxylation is 1. The van der Waals surface area contributed by atoms with Crippen LogP contribution in [0.3, 0.4) is 0 Å². The summed E-state index contributed by atoms with van der Waals surface area (Å²) in [6.07, 6.45) is 6.40. The Bertz CT molecular complexity index is 702. The van der Waals surface area contributed by atoms with Gasteiger partial charge in [-0.3, -0.25) is 4.99 Å². The molecule has 0 unspecified atom stereocenters. The summed E-state index contributed by atoms with van der Waals surface area (Å²) in [7, 11) is 0. The molecule has 0 aliphatic carbocycles. The Hall–Kier alpha value is -1.93. The van der Waals surface area contributed by atoms with Crippen molar-refractivity contribution >= 4 is 33.3 Å². The zero-order valence-electron chi connectivity index (χ0n) is 16.0. The van der Waals surface area contributed by atoms with Crippen LogP contribution in [0.25, 0.3) is 15.8 Å². The SMILES string of the molecule is C=CC/C(C=C)=C(\N=CC)c1sc2ccccc2c1C.CC.CC. The first-order valence-corrected chi connectivity index (χ1v) is 9.48. The average Bonchev–Trinajstić information content (AvgIpc) is 2.98. The van der Waals surface area contributed by atoms with Gasteiger partial charge in [0.05, 0.1) is 10.6 Å². The van der Waals surface area contributed by atoms with Crippen LogP contribution >= 0.6 is 11.3 Å². The molecule has 2 rings (SSSR count). The van der Waals surface area contributed by atoms with Gasteiger partial charge in [-0.2, -0.15) is 0 Å². The lowest BCUT2D eigenvalue weighted by Crippen LogP contribution is -1.87. The molecule has 0 spiro atoms. The summed E-state index contributed by atoms with van der Waals surface area (Å²) in [5.74, 6) is 0. The zero-order valence-corrected chi connectivity index (χ0v) is 16.8. The number of hydrogen-bond acceptors (Lipinski definition) is 2. The number of hydrogen-bond donors (Lipinski definition) is 0. The predicted molar refractivity (Wildman–Crippen MR) is 115 cm³/mol. The maximum absolute atomic E-state index is 4.59. The summed E-state index contributed by atoms with van der Waals surface area (Å²) in [5, 5.41) is 1.30. The molecule has 0 N–H and O–H groups in total. The van der Waals surface area contributed by atoms with E-state index in [-0.39, 0.29) is 0 Å². The molecule has 0 bridgehead atoms. The molecule has 0 fully saturated rings. The van der Waals surface area contributed by atoms with Crippen LogP contribution in [-0.2, 0) is 0 Å². The fraction of sp³-hybridized carbons (Fsp3) is 0.318. The van der Waals surface area contributed by atoms with E-state index in [2.05, 4.69) is 49.3 Å². The van der Waals surface area contributed by atoms with Gasteiger partial charge in [0.25, 0.3) is 0 Å². The molecule has 0 aliphatic heterocycles. The standard InChI is InChI=1S/C18H19NS.2C2H6/c1-5-10-14(6-2)17(19-7-3)18-13(4)15-11-8-9-12-16(15)20-18;2*1-2/h5-9,11-12H,1-2,10H2,3-4H3;2*1-2H3/b17-14-,19-7?;;. The van der Waals surface area contributed by atoms with Crippen LogP contribution < -0.4 is 0 Å². The molecule has 0 amide bonds. The minimum Gasteiger partial charge on any atom is -0.260 e. The molecule has 0 saturated carbocycles. The van der Waals surface area contributed by atoms with E-state index < -0.39 is 0 Å². The fourth-order valence-corrected chi connectivity index (χ4v) is 3.49. The first-order valence-electron chi connectivity index (χ1n) is 8.66. The van der Waals surface area contributed by atoms with Gasteiger partial charge in [-0.25, -0.2) is 0 Å². The molecular formula is C22H31NS. The summed E-state index contributed by atoms with van der Waals surface area (Å²) in [6.45, 7) is 19.8. The number of fused-ring (bicyclic) bond motifs is 1. The fourth-order valence-electron chi connectivity index (χ4n) is 2.25. The lowest BCUT2D eigenvalue weighted by molar-refractivity contribution is 1.28. The van der Waals surface area contributed by atoms with Crippen molar-refractivity contribution in [3.8, 4) is 0 Å². The highest BCUT2D eigenvalue weighted by Crippen LogP contribution is 2.37. The average molecular weight is 342 g/mol. The van der Waals surface area contributed by atoms with Crippen molar-refractivity contribution < 1.29 is 0 Å². The maximum Gasteiger partial charge on any atom is 0.0835 e. The third-order valence-corrected chi connectivity index (χ3v) is 4.51. The predicted octanol–water partition coefficient (Wildman–Crippen LogP) is 7.83. The van der Waals surface area contributed by atoms with Crippen LogP contribution in [0.4, 0.5) is 0 Å². The topological polar surface area (TPSA) is 12.4 Å². The Balaban J connectivity index is 0.00000123. The Kier molecular flexibility index (Phi) is 11.5. The Morgan fingerprint density at radius 1 is 1.12 bits per heavy atom. The quantitative estimate of drug-likeness (QED) is 0.298. The van der Waals surface area contributed by atoms with Crippen molar-refractivity contribution in [1.82, 2.24) is 0 Å². The van der Waals surface area contributed by atoms with Crippen LogP contribution in [0.15, 0.2) is 60.1 Å². The van der Waals surface area contributed by atoms with Crippen LogP contribution in [0.1, 0.15) is 51.5 Å². The van der Waals surface area contributed by atoms with Crippen LogP contribution in [0.5, 0.6) is 0 Å². The number of allylic oxidation sites excluding steroid dienone is 3. The smallest absolute Gasteiger partial charge is 0.0835 e. The van der Waals surface area contributed by atoms with E-state index in [1.54, 1.807) is 11.3 Å². The van der Waals surface area contributed by atoms with Crippen LogP contribution in [0, 0.1) is 6.92 Å². The van der Waals surface area contributed by atoms with Gasteiger partial charge >= 0.3 is 0 Å². The Labute approximate surface area is 152 Å². The van der Waals surface area contributed by atoms with Gasteiger partial charge < -0.3 is 0 Å². The molecule has 1 nitrogen and oxygen atoms in total. The lowest BCUT2D eigenvalue weighted by atomic mass is 10.1. The van der Waals surface area contributed by atoms with E-state index >= 15 is 0 Å². The second kappa shape index (κ2) is 12.5. The third-order valence-electron chi connectivity index (χ3n) is 3.23. The maximum atomic E-state index is 4.59. The van der Waals surface area contributed by atoms with E-state index in [0.717, 1.165) is 17.7 Å². The summed E-state index contributed by atoms with van der Waals surface area (Å²) in [6, 6.07) is 8.48.